The van der Waals surface area contributed by atoms with Gasteiger partial charge in [0.25, 0.3) is 0 Å². The molecule has 5 heteroatoms. The molecule has 2 nitrogen and oxygen atoms in total. The summed E-state index contributed by atoms with van der Waals surface area (Å²) in [6.07, 6.45) is 0. The van der Waals surface area contributed by atoms with Crippen molar-refractivity contribution in [1.29, 1.82) is 0 Å². The van der Waals surface area contributed by atoms with Crippen molar-refractivity contribution in [1.82, 2.24) is 5.32 Å². The first-order valence-corrected chi connectivity index (χ1v) is 6.03. The Hall–Kier alpha value is -1.65. The van der Waals surface area contributed by atoms with Crippen LogP contribution in [0.4, 0.5) is 8.78 Å². The van der Waals surface area contributed by atoms with Gasteiger partial charge >= 0.3 is 0 Å². The van der Waals surface area contributed by atoms with E-state index in [9.17, 15) is 8.78 Å². The lowest BCUT2D eigenvalue weighted by atomic mass is 10.2. The van der Waals surface area contributed by atoms with Gasteiger partial charge in [-0.05, 0) is 24.7 Å². The van der Waals surface area contributed by atoms with Crippen LogP contribution in [0.2, 0.25) is 5.02 Å². The lowest BCUT2D eigenvalue weighted by molar-refractivity contribution is 0.468. The molecule has 0 heterocycles. The van der Waals surface area contributed by atoms with Gasteiger partial charge in [0.2, 0.25) is 0 Å². The summed E-state index contributed by atoms with van der Waals surface area (Å²) in [5.41, 5.74) is 0.918. The van der Waals surface area contributed by atoms with Crippen molar-refractivity contribution in [3.63, 3.8) is 0 Å². The zero-order chi connectivity index (χ0) is 13.8. The molecule has 0 aliphatic rings. The molecule has 0 aromatic heterocycles. The molecule has 0 radical (unpaired) electrons. The minimum Gasteiger partial charge on any atom is -0.457 e. The molecule has 0 saturated carbocycles. The number of nitrogens with one attached hydrogen (secondary N) is 1. The van der Waals surface area contributed by atoms with Crippen LogP contribution in [0, 0.1) is 11.6 Å². The number of hydrogen-bond donors (Lipinski definition) is 1. The second-order valence-electron chi connectivity index (χ2n) is 3.99. The fourth-order valence-corrected chi connectivity index (χ4v) is 1.89. The first-order chi connectivity index (χ1) is 9.08. The van der Waals surface area contributed by atoms with Gasteiger partial charge in [-0.1, -0.05) is 17.7 Å². The molecule has 0 atom stereocenters. The Bertz CT molecular complexity index is 569. The van der Waals surface area contributed by atoms with Crippen molar-refractivity contribution in [2.24, 2.45) is 0 Å². The van der Waals surface area contributed by atoms with Crippen LogP contribution in [-0.2, 0) is 6.54 Å². The largest absolute Gasteiger partial charge is 0.457 e. The molecule has 2 rings (SSSR count). The van der Waals surface area contributed by atoms with Gasteiger partial charge in [0.15, 0.2) is 0 Å². The summed E-state index contributed by atoms with van der Waals surface area (Å²) >= 11 is 6.07. The predicted molar refractivity (Wildman–Crippen MR) is 70.6 cm³/mol. The Balaban J connectivity index is 2.21. The standard InChI is InChI=1S/C14H12ClF2NO/c1-18-8-9-2-3-12(7-14(9)15)19-13-5-10(16)4-11(17)6-13/h2-7,18H,8H2,1H3. The van der Waals surface area contributed by atoms with Gasteiger partial charge in [0, 0.05) is 29.8 Å². The highest BCUT2D eigenvalue weighted by Gasteiger charge is 2.05. The van der Waals surface area contributed by atoms with Crippen molar-refractivity contribution < 1.29 is 13.5 Å². The highest BCUT2D eigenvalue weighted by Crippen LogP contribution is 2.27. The van der Waals surface area contributed by atoms with Crippen LogP contribution >= 0.6 is 11.6 Å². The van der Waals surface area contributed by atoms with E-state index in [-0.39, 0.29) is 5.75 Å². The third-order valence-corrected chi connectivity index (χ3v) is 2.82. The van der Waals surface area contributed by atoms with Crippen molar-refractivity contribution in [2.75, 3.05) is 7.05 Å². The number of rotatable bonds is 4. The van der Waals surface area contributed by atoms with Crippen LogP contribution in [-0.4, -0.2) is 7.05 Å². The fourth-order valence-electron chi connectivity index (χ4n) is 1.65. The first-order valence-electron chi connectivity index (χ1n) is 5.65. The molecule has 0 spiro atoms. The van der Waals surface area contributed by atoms with E-state index in [4.69, 9.17) is 16.3 Å². The number of hydrogen-bond acceptors (Lipinski definition) is 2. The van der Waals surface area contributed by atoms with Crippen molar-refractivity contribution in [3.8, 4) is 11.5 Å². The average Bonchev–Trinajstić information content (AvgIpc) is 2.31. The van der Waals surface area contributed by atoms with E-state index >= 15 is 0 Å². The van der Waals surface area contributed by atoms with Crippen LogP contribution in [0.25, 0.3) is 0 Å². The van der Waals surface area contributed by atoms with E-state index in [1.54, 1.807) is 18.2 Å². The van der Waals surface area contributed by atoms with Crippen molar-refractivity contribution in [2.45, 2.75) is 6.54 Å². The topological polar surface area (TPSA) is 21.3 Å². The molecular weight excluding hydrogens is 272 g/mol. The van der Waals surface area contributed by atoms with E-state index in [2.05, 4.69) is 5.32 Å². The molecule has 2 aromatic rings. The number of halogens is 3. The normalized spacial score (nSPS) is 10.5. The monoisotopic (exact) mass is 283 g/mol. The number of benzene rings is 2. The molecule has 1 N–H and O–H groups in total. The van der Waals surface area contributed by atoms with Crippen LogP contribution in [0.1, 0.15) is 5.56 Å². The van der Waals surface area contributed by atoms with Crippen molar-refractivity contribution >= 4 is 11.6 Å². The van der Waals surface area contributed by atoms with Gasteiger partial charge in [-0.3, -0.25) is 0 Å². The molecule has 0 amide bonds. The lowest BCUT2D eigenvalue weighted by Gasteiger charge is -2.09. The van der Waals surface area contributed by atoms with Crippen LogP contribution < -0.4 is 10.1 Å². The maximum absolute atomic E-state index is 13.0. The van der Waals surface area contributed by atoms with Crippen LogP contribution in [0.3, 0.4) is 0 Å². The first kappa shape index (κ1) is 13.8. The second-order valence-corrected chi connectivity index (χ2v) is 4.40. The average molecular weight is 284 g/mol. The minimum absolute atomic E-state index is 0.0925. The third kappa shape index (κ3) is 3.66. The third-order valence-electron chi connectivity index (χ3n) is 2.46. The zero-order valence-corrected chi connectivity index (χ0v) is 11.0. The quantitative estimate of drug-likeness (QED) is 0.911. The van der Waals surface area contributed by atoms with Crippen LogP contribution in [0.5, 0.6) is 11.5 Å². The van der Waals surface area contributed by atoms with Crippen LogP contribution in [0.15, 0.2) is 36.4 Å². The Labute approximate surface area is 115 Å². The van der Waals surface area contributed by atoms with E-state index in [0.29, 0.717) is 17.3 Å². The summed E-state index contributed by atoms with van der Waals surface area (Å²) in [4.78, 5) is 0. The minimum atomic E-state index is -0.687. The van der Waals surface area contributed by atoms with Gasteiger partial charge in [0.05, 0.1) is 0 Å². The molecule has 0 aliphatic carbocycles. The van der Waals surface area contributed by atoms with Crippen molar-refractivity contribution in [3.05, 3.63) is 58.6 Å². The Kier molecular flexibility index (Phi) is 4.35. The molecule has 0 unspecified atom stereocenters. The highest BCUT2D eigenvalue weighted by molar-refractivity contribution is 6.31. The Morgan fingerprint density at radius 3 is 2.32 bits per heavy atom. The smallest absolute Gasteiger partial charge is 0.133 e. The summed E-state index contributed by atoms with van der Waals surface area (Å²) in [5.74, 6) is -0.856. The molecule has 0 aliphatic heterocycles. The molecule has 100 valence electrons. The van der Waals surface area contributed by atoms with Gasteiger partial charge < -0.3 is 10.1 Å². The Morgan fingerprint density at radius 1 is 1.05 bits per heavy atom. The summed E-state index contributed by atoms with van der Waals surface area (Å²) in [6.45, 7) is 0.633. The molecular formula is C14H12ClF2NO. The maximum atomic E-state index is 13.0. The van der Waals surface area contributed by atoms with Gasteiger partial charge in [-0.2, -0.15) is 0 Å². The van der Waals surface area contributed by atoms with Gasteiger partial charge in [-0.25, -0.2) is 8.78 Å². The molecule has 0 bridgehead atoms. The molecule has 19 heavy (non-hydrogen) atoms. The maximum Gasteiger partial charge on any atom is 0.133 e. The second kappa shape index (κ2) is 5.99. The van der Waals surface area contributed by atoms with E-state index in [0.717, 1.165) is 23.8 Å². The van der Waals surface area contributed by atoms with Gasteiger partial charge in [-0.15, -0.1) is 0 Å². The number of ether oxygens (including phenoxy) is 1. The summed E-state index contributed by atoms with van der Waals surface area (Å²) in [7, 11) is 1.82. The summed E-state index contributed by atoms with van der Waals surface area (Å²) in [6, 6.07) is 8.11. The molecule has 0 fully saturated rings. The zero-order valence-electron chi connectivity index (χ0n) is 10.2. The van der Waals surface area contributed by atoms with E-state index < -0.39 is 11.6 Å². The molecule has 0 saturated heterocycles. The molecule has 2 aromatic carbocycles. The van der Waals surface area contributed by atoms with Gasteiger partial charge in [0.1, 0.15) is 23.1 Å². The predicted octanol–water partition coefficient (Wildman–Crippen LogP) is 4.13. The SMILES string of the molecule is CNCc1ccc(Oc2cc(F)cc(F)c2)cc1Cl. The summed E-state index contributed by atoms with van der Waals surface area (Å²) in [5, 5.41) is 3.52. The highest BCUT2D eigenvalue weighted by atomic mass is 35.5. The van der Waals surface area contributed by atoms with E-state index in [1.807, 2.05) is 7.05 Å². The Morgan fingerprint density at radius 2 is 1.74 bits per heavy atom. The summed E-state index contributed by atoms with van der Waals surface area (Å²) < 4.78 is 31.4. The lowest BCUT2D eigenvalue weighted by Crippen LogP contribution is -2.05. The fraction of sp³-hybridized carbons (Fsp3) is 0.143. The van der Waals surface area contributed by atoms with E-state index in [1.165, 1.54) is 0 Å².